The molecular formula is C38H43BrF2N6O6S3. The molecule has 2 amide bonds. The lowest BCUT2D eigenvalue weighted by atomic mass is 9.89. The number of aromatic nitrogens is 4. The number of carbonyl (C=O) groups is 2. The van der Waals surface area contributed by atoms with Gasteiger partial charge in [0.25, 0.3) is 0 Å². The van der Waals surface area contributed by atoms with Crippen molar-refractivity contribution in [2.75, 3.05) is 27.8 Å². The highest BCUT2D eigenvalue weighted by Crippen LogP contribution is 2.47. The minimum Gasteiger partial charge on any atom is -0.493 e. The number of rotatable bonds is 11. The third kappa shape index (κ3) is 11.8. The molecule has 0 saturated carbocycles. The van der Waals surface area contributed by atoms with E-state index in [-0.39, 0.29) is 17.5 Å². The Morgan fingerprint density at radius 3 is 2.05 bits per heavy atom. The number of thiazole rings is 2. The van der Waals surface area contributed by atoms with Crippen LogP contribution < -0.4 is 14.8 Å². The maximum absolute atomic E-state index is 14.6. The number of hydrogen-bond donors (Lipinski definition) is 2. The molecule has 4 aromatic heterocycles. The number of nitrogens with zero attached hydrogens (tertiary/aromatic N) is 5. The van der Waals surface area contributed by atoms with Crippen LogP contribution in [0, 0.1) is 22.7 Å². The lowest BCUT2D eigenvalue weighted by Crippen LogP contribution is -2.36. The Labute approximate surface area is 345 Å². The van der Waals surface area contributed by atoms with Gasteiger partial charge in [-0.15, -0.1) is 22.7 Å². The van der Waals surface area contributed by atoms with Crippen molar-refractivity contribution >= 4 is 62.6 Å². The second-order valence-corrected chi connectivity index (χ2v) is 19.1. The number of methoxy groups -OCH3 is 2. The van der Waals surface area contributed by atoms with E-state index in [1.807, 2.05) is 53.7 Å². The summed E-state index contributed by atoms with van der Waals surface area (Å²) >= 11 is 7.43. The van der Waals surface area contributed by atoms with Crippen molar-refractivity contribution in [1.82, 2.24) is 30.2 Å². The van der Waals surface area contributed by atoms with Crippen LogP contribution in [0.1, 0.15) is 57.7 Å². The van der Waals surface area contributed by atoms with E-state index in [2.05, 4.69) is 36.2 Å². The summed E-state index contributed by atoms with van der Waals surface area (Å²) in [7, 11) is 4.64. The maximum atomic E-state index is 14.6. The van der Waals surface area contributed by atoms with Crippen LogP contribution in [0.15, 0.2) is 67.7 Å². The summed E-state index contributed by atoms with van der Waals surface area (Å²) in [5, 5.41) is 13.0. The van der Waals surface area contributed by atoms with Gasteiger partial charge in [-0.3, -0.25) is 0 Å². The molecule has 1 atom stereocenters. The van der Waals surface area contributed by atoms with E-state index < -0.39 is 35.6 Å². The van der Waals surface area contributed by atoms with Crippen LogP contribution in [0.3, 0.4) is 0 Å². The predicted octanol–water partition coefficient (Wildman–Crippen LogP) is 10.6. The van der Waals surface area contributed by atoms with E-state index in [0.717, 1.165) is 9.10 Å². The molecule has 18 heteroatoms. The Morgan fingerprint density at radius 1 is 0.929 bits per heavy atom. The van der Waals surface area contributed by atoms with Gasteiger partial charge >= 0.3 is 12.2 Å². The molecule has 4 heterocycles. The van der Waals surface area contributed by atoms with Crippen LogP contribution in [0.5, 0.6) is 11.5 Å². The zero-order chi connectivity index (χ0) is 41.4. The summed E-state index contributed by atoms with van der Waals surface area (Å²) < 4.78 is 46.2. The summed E-state index contributed by atoms with van der Waals surface area (Å²) in [5.74, 6) is -0.0353. The molecule has 2 N–H and O–H groups in total. The summed E-state index contributed by atoms with van der Waals surface area (Å²) in [4.78, 5) is 42.1. The largest absolute Gasteiger partial charge is 0.493 e. The summed E-state index contributed by atoms with van der Waals surface area (Å²) in [6, 6.07) is 12.0. The van der Waals surface area contributed by atoms with Crippen molar-refractivity contribution in [3.63, 3.8) is 0 Å². The third-order valence-electron chi connectivity index (χ3n) is 7.54. The minimum atomic E-state index is -1.000. The van der Waals surface area contributed by atoms with Crippen molar-refractivity contribution in [2.24, 2.45) is 10.8 Å². The van der Waals surface area contributed by atoms with Crippen LogP contribution in [-0.2, 0) is 11.3 Å². The van der Waals surface area contributed by atoms with Crippen LogP contribution >= 0.6 is 50.4 Å². The standard InChI is InChI=1S/C23H26FN3O4S2.C15H17BrFN3O2S/c1-23(2,3)18(31-22(28)25-4)20-27-17(14-8-7-11-26-19(14)24)21(33-20)32-13-9-10-15(29-5)16(12-13)30-6;1-15(2,3)8-20(14(21)22)7-10-19-11(12(16)23-10)9-5-4-6-18-13(9)17/h7-12,18H,1-6H3,(H,25,28);4-6H,7-8H2,1-3H3,(H,21,22). The van der Waals surface area contributed by atoms with Gasteiger partial charge < -0.3 is 29.5 Å². The van der Waals surface area contributed by atoms with E-state index in [4.69, 9.17) is 19.2 Å². The second kappa shape index (κ2) is 19.2. The lowest BCUT2D eigenvalue weighted by Gasteiger charge is -2.28. The normalized spacial score (nSPS) is 11.9. The van der Waals surface area contributed by atoms with Crippen LogP contribution in [0.2, 0.25) is 0 Å². The molecule has 5 aromatic rings. The molecule has 12 nitrogen and oxygen atoms in total. The van der Waals surface area contributed by atoms with Crippen LogP contribution in [-0.4, -0.2) is 69.9 Å². The molecule has 1 aromatic carbocycles. The third-order valence-corrected chi connectivity index (χ3v) is 11.5. The molecule has 0 spiro atoms. The Bertz CT molecular complexity index is 2140. The van der Waals surface area contributed by atoms with E-state index in [0.29, 0.717) is 48.8 Å². The van der Waals surface area contributed by atoms with Crippen molar-refractivity contribution in [2.45, 2.75) is 63.3 Å². The first-order chi connectivity index (χ1) is 26.3. The van der Waals surface area contributed by atoms with E-state index in [1.165, 1.54) is 58.8 Å². The number of ether oxygens (including phenoxy) is 3. The number of pyridine rings is 2. The highest BCUT2D eigenvalue weighted by Gasteiger charge is 2.34. The lowest BCUT2D eigenvalue weighted by molar-refractivity contribution is 0.0313. The van der Waals surface area contributed by atoms with Crippen molar-refractivity contribution in [1.29, 1.82) is 0 Å². The van der Waals surface area contributed by atoms with E-state index in [9.17, 15) is 23.5 Å². The van der Waals surface area contributed by atoms with Crippen molar-refractivity contribution < 1.29 is 37.7 Å². The van der Waals surface area contributed by atoms with E-state index in [1.54, 1.807) is 44.6 Å². The molecule has 1 unspecified atom stereocenters. The molecule has 0 aliphatic rings. The van der Waals surface area contributed by atoms with Gasteiger partial charge in [-0.25, -0.2) is 29.5 Å². The zero-order valence-corrected chi connectivity index (χ0v) is 36.3. The molecule has 5 rings (SSSR count). The summed E-state index contributed by atoms with van der Waals surface area (Å²) in [6.45, 7) is 12.3. The van der Waals surface area contributed by atoms with Gasteiger partial charge in [0.1, 0.15) is 21.4 Å². The van der Waals surface area contributed by atoms with Gasteiger partial charge in [0.05, 0.1) is 39.9 Å². The van der Waals surface area contributed by atoms with E-state index >= 15 is 0 Å². The minimum absolute atomic E-state index is 0.162. The fourth-order valence-corrected chi connectivity index (χ4v) is 9.30. The highest BCUT2D eigenvalue weighted by molar-refractivity contribution is 9.11. The average Bonchev–Trinajstić information content (AvgIpc) is 3.71. The first-order valence-electron chi connectivity index (χ1n) is 17.0. The molecule has 0 aliphatic carbocycles. The quantitative estimate of drug-likeness (QED) is 0.122. The fourth-order valence-electron chi connectivity index (χ4n) is 5.05. The monoisotopic (exact) mass is 892 g/mol. The molecule has 0 fully saturated rings. The van der Waals surface area contributed by atoms with Crippen molar-refractivity contribution in [3.05, 3.63) is 80.6 Å². The number of benzene rings is 1. The van der Waals surface area contributed by atoms with Gasteiger partial charge in [-0.1, -0.05) is 53.3 Å². The fraction of sp³-hybridized carbons (Fsp3) is 0.368. The topological polar surface area (TPSA) is 149 Å². The zero-order valence-electron chi connectivity index (χ0n) is 32.3. The number of alkyl carbamates (subject to hydrolysis) is 1. The smallest absolute Gasteiger partial charge is 0.407 e. The number of carboxylic acid groups (broad SMARTS) is 1. The highest BCUT2D eigenvalue weighted by atomic mass is 79.9. The molecule has 56 heavy (non-hydrogen) atoms. The molecule has 300 valence electrons. The first-order valence-corrected chi connectivity index (χ1v) is 20.2. The van der Waals surface area contributed by atoms with Gasteiger partial charge in [0, 0.05) is 36.3 Å². The molecule has 0 bridgehead atoms. The van der Waals surface area contributed by atoms with Gasteiger partial charge in [0.15, 0.2) is 17.6 Å². The van der Waals surface area contributed by atoms with Gasteiger partial charge in [0.2, 0.25) is 11.9 Å². The Balaban J connectivity index is 0.000000265. The van der Waals surface area contributed by atoms with Crippen molar-refractivity contribution in [3.8, 4) is 34.0 Å². The number of hydrogen-bond acceptors (Lipinski definition) is 12. The molecule has 0 saturated heterocycles. The first kappa shape index (κ1) is 44.3. The van der Waals surface area contributed by atoms with Crippen LogP contribution in [0.25, 0.3) is 22.5 Å². The number of nitrogens with one attached hydrogen (secondary N) is 1. The summed E-state index contributed by atoms with van der Waals surface area (Å²) in [5.41, 5.74) is 0.841. The number of carbonyl (C=O) groups excluding carboxylic acids is 1. The number of halogens is 3. The second-order valence-electron chi connectivity index (χ2n) is 14.3. The predicted molar refractivity (Wildman–Crippen MR) is 218 cm³/mol. The number of amides is 2. The van der Waals surface area contributed by atoms with Gasteiger partial charge in [-0.2, -0.15) is 8.78 Å². The molecule has 0 radical (unpaired) electrons. The maximum Gasteiger partial charge on any atom is 0.407 e. The van der Waals surface area contributed by atoms with Crippen LogP contribution in [0.4, 0.5) is 18.4 Å². The molecule has 0 aliphatic heterocycles. The SMILES string of the molecule is CC(C)(C)CN(Cc1nc(-c2cccnc2F)c(Br)s1)C(=O)O.CNC(=O)OC(c1nc(-c2cccnc2F)c(Sc2ccc(OC)c(OC)c2)s1)C(C)(C)C. The average molecular weight is 894 g/mol. The summed E-state index contributed by atoms with van der Waals surface area (Å²) in [6.07, 6.45) is 0.560. The molecular weight excluding hydrogens is 851 g/mol. The Kier molecular flexibility index (Phi) is 15.2. The Hall–Kier alpha value is -4.39. The Morgan fingerprint density at radius 2 is 1.54 bits per heavy atom. The van der Waals surface area contributed by atoms with Gasteiger partial charge in [-0.05, 0) is 63.8 Å².